The highest BCUT2D eigenvalue weighted by Crippen LogP contribution is 2.31. The first-order valence-corrected chi connectivity index (χ1v) is 14.9. The van der Waals surface area contributed by atoms with E-state index in [0.29, 0.717) is 18.7 Å². The molecule has 0 radical (unpaired) electrons. The van der Waals surface area contributed by atoms with Crippen LogP contribution in [0.25, 0.3) is 10.4 Å². The van der Waals surface area contributed by atoms with Gasteiger partial charge in [0, 0.05) is 35.2 Å². The van der Waals surface area contributed by atoms with Gasteiger partial charge >= 0.3 is 0 Å². The number of aromatic nitrogens is 1. The van der Waals surface area contributed by atoms with Crippen molar-refractivity contribution in [2.24, 2.45) is 5.92 Å². The van der Waals surface area contributed by atoms with Crippen molar-refractivity contribution in [2.75, 3.05) is 6.54 Å². The molecule has 3 aromatic rings. The first-order chi connectivity index (χ1) is 18.6. The van der Waals surface area contributed by atoms with Crippen molar-refractivity contribution in [2.45, 2.75) is 58.5 Å². The summed E-state index contributed by atoms with van der Waals surface area (Å²) in [5.41, 5.74) is 6.33. The Hall–Kier alpha value is -2.83. The van der Waals surface area contributed by atoms with E-state index in [4.69, 9.17) is 0 Å². The number of nitrogens with one attached hydrogen (secondary N) is 1. The Labute approximate surface area is 245 Å². The van der Waals surface area contributed by atoms with Crippen LogP contribution in [-0.2, 0) is 22.7 Å². The predicted octanol–water partition coefficient (Wildman–Crippen LogP) is 3.98. The normalized spacial score (nSPS) is 19.5. The van der Waals surface area contributed by atoms with Crippen LogP contribution in [0.2, 0.25) is 0 Å². The van der Waals surface area contributed by atoms with Crippen LogP contribution in [-0.4, -0.2) is 62.3 Å². The number of benzene rings is 2. The zero-order chi connectivity index (χ0) is 27.8. The lowest BCUT2D eigenvalue weighted by atomic mass is 10.0. The van der Waals surface area contributed by atoms with E-state index in [9.17, 15) is 19.5 Å². The third kappa shape index (κ3) is 5.59. The lowest BCUT2D eigenvalue weighted by molar-refractivity contribution is -0.143. The van der Waals surface area contributed by atoms with Crippen LogP contribution in [0.3, 0.4) is 0 Å². The highest BCUT2D eigenvalue weighted by Gasteiger charge is 2.45. The van der Waals surface area contributed by atoms with Gasteiger partial charge in [0.1, 0.15) is 12.1 Å². The van der Waals surface area contributed by atoms with Crippen molar-refractivity contribution < 1.29 is 19.5 Å². The van der Waals surface area contributed by atoms with Crippen molar-refractivity contribution >= 4 is 51.6 Å². The van der Waals surface area contributed by atoms with E-state index in [0.717, 1.165) is 30.8 Å². The highest BCUT2D eigenvalue weighted by molar-refractivity contribution is 14.1. The Bertz CT molecular complexity index is 1410. The Kier molecular flexibility index (Phi) is 8.06. The van der Waals surface area contributed by atoms with E-state index in [1.165, 1.54) is 4.90 Å². The molecular formula is C29H31IN4O4S. The quantitative estimate of drug-likeness (QED) is 0.374. The number of aliphatic hydroxyl groups excluding tert-OH is 1. The molecule has 3 heterocycles. The minimum Gasteiger partial charge on any atom is -0.391 e. The number of thiazole rings is 1. The topological polar surface area (TPSA) is 103 Å². The van der Waals surface area contributed by atoms with Gasteiger partial charge in [-0.25, -0.2) is 4.98 Å². The summed E-state index contributed by atoms with van der Waals surface area (Å²) in [5, 5.41) is 13.4. The number of fused-ring (bicyclic) bond motifs is 1. The van der Waals surface area contributed by atoms with E-state index >= 15 is 0 Å². The molecule has 10 heteroatoms. The molecule has 2 aliphatic rings. The third-order valence-corrected chi connectivity index (χ3v) is 9.07. The lowest BCUT2D eigenvalue weighted by Gasteiger charge is -2.35. The third-order valence-electron chi connectivity index (χ3n) is 7.42. The van der Waals surface area contributed by atoms with Crippen molar-refractivity contribution in [1.82, 2.24) is 20.1 Å². The fourth-order valence-corrected chi connectivity index (χ4v) is 6.74. The van der Waals surface area contributed by atoms with Gasteiger partial charge in [0.25, 0.3) is 5.91 Å². The number of rotatable bonds is 7. The largest absolute Gasteiger partial charge is 0.391 e. The molecule has 39 heavy (non-hydrogen) atoms. The summed E-state index contributed by atoms with van der Waals surface area (Å²) in [6.07, 6.45) is -0.634. The number of β-amino-alcohol motifs (C(OH)–C–C–N with tert-alkyl or cyclic N) is 1. The van der Waals surface area contributed by atoms with Gasteiger partial charge in [0.15, 0.2) is 0 Å². The maximum absolute atomic E-state index is 13.9. The molecule has 2 aliphatic heterocycles. The smallest absolute Gasteiger partial charge is 0.255 e. The number of aryl methyl sites for hydroxylation is 1. The Morgan fingerprint density at radius 3 is 2.62 bits per heavy atom. The van der Waals surface area contributed by atoms with E-state index in [-0.39, 0.29) is 36.6 Å². The molecule has 0 spiro atoms. The van der Waals surface area contributed by atoms with Gasteiger partial charge in [-0.05, 0) is 64.3 Å². The van der Waals surface area contributed by atoms with Crippen molar-refractivity contribution in [3.63, 3.8) is 0 Å². The van der Waals surface area contributed by atoms with Gasteiger partial charge in [-0.1, -0.05) is 44.2 Å². The molecule has 8 nitrogen and oxygen atoms in total. The minimum absolute atomic E-state index is 0.0654. The molecule has 204 valence electrons. The van der Waals surface area contributed by atoms with E-state index in [1.807, 2.05) is 68.7 Å². The molecular weight excluding hydrogens is 627 g/mol. The standard InChI is InChI=1S/C29H31IN4O4S/c1-16(2)25(34-13-20-8-9-21(30)10-23(20)28(34)37)29(38)33-14-22(35)11-24(33)27(36)31-12-18-4-6-19(7-5-18)26-17(3)32-15-39-26/h4-10,15-16,22,24-25,35H,11-14H2,1-3H3,(H,31,36)/t22-,24+,25+/m1/s1. The molecule has 1 fully saturated rings. The zero-order valence-electron chi connectivity index (χ0n) is 22.1. The van der Waals surface area contributed by atoms with E-state index < -0.39 is 18.2 Å². The predicted molar refractivity (Wildman–Crippen MR) is 158 cm³/mol. The number of hydrogen-bond donors (Lipinski definition) is 2. The molecule has 3 amide bonds. The molecule has 2 N–H and O–H groups in total. The average molecular weight is 659 g/mol. The van der Waals surface area contributed by atoms with Crippen LogP contribution >= 0.6 is 33.9 Å². The molecule has 1 aromatic heterocycles. The summed E-state index contributed by atoms with van der Waals surface area (Å²) in [7, 11) is 0. The van der Waals surface area contributed by atoms with Crippen molar-refractivity contribution in [3.05, 3.63) is 73.9 Å². The first kappa shape index (κ1) is 27.7. The summed E-state index contributed by atoms with van der Waals surface area (Å²) in [5.74, 6) is -0.956. The van der Waals surface area contributed by atoms with Gasteiger partial charge in [-0.2, -0.15) is 0 Å². The molecule has 1 saturated heterocycles. The number of carbonyl (C=O) groups is 3. The zero-order valence-corrected chi connectivity index (χ0v) is 25.0. The summed E-state index contributed by atoms with van der Waals surface area (Å²) < 4.78 is 0.960. The second-order valence-corrected chi connectivity index (χ2v) is 12.6. The molecule has 0 unspecified atom stereocenters. The van der Waals surface area contributed by atoms with Gasteiger partial charge in [-0.3, -0.25) is 14.4 Å². The maximum atomic E-state index is 13.9. The van der Waals surface area contributed by atoms with Gasteiger partial charge in [-0.15, -0.1) is 11.3 Å². The average Bonchev–Trinajstić information content (AvgIpc) is 3.60. The summed E-state index contributed by atoms with van der Waals surface area (Å²) in [6.45, 7) is 6.51. The second kappa shape index (κ2) is 11.3. The summed E-state index contributed by atoms with van der Waals surface area (Å²) >= 11 is 3.76. The Morgan fingerprint density at radius 2 is 1.95 bits per heavy atom. The number of hydrogen-bond acceptors (Lipinski definition) is 6. The van der Waals surface area contributed by atoms with Crippen LogP contribution < -0.4 is 5.32 Å². The molecule has 0 bridgehead atoms. The highest BCUT2D eigenvalue weighted by atomic mass is 127. The van der Waals surface area contributed by atoms with Crippen molar-refractivity contribution in [1.29, 1.82) is 0 Å². The summed E-state index contributed by atoms with van der Waals surface area (Å²) in [6, 6.07) is 12.2. The fraction of sp³-hybridized carbons (Fsp3) is 0.379. The number of aliphatic hydroxyl groups is 1. The number of carbonyl (C=O) groups excluding carboxylic acids is 3. The molecule has 0 saturated carbocycles. The number of halogens is 1. The molecule has 3 atom stereocenters. The Morgan fingerprint density at radius 1 is 1.21 bits per heavy atom. The number of nitrogens with zero attached hydrogens (tertiary/aromatic N) is 3. The molecule has 5 rings (SSSR count). The molecule has 2 aromatic carbocycles. The Balaban J connectivity index is 1.28. The second-order valence-electron chi connectivity index (χ2n) is 10.5. The lowest BCUT2D eigenvalue weighted by Crippen LogP contribution is -2.55. The number of amides is 3. The molecule has 0 aliphatic carbocycles. The first-order valence-electron chi connectivity index (χ1n) is 13.0. The van der Waals surface area contributed by atoms with E-state index in [2.05, 4.69) is 32.9 Å². The van der Waals surface area contributed by atoms with Crippen LogP contribution in [0.15, 0.2) is 48.0 Å². The van der Waals surface area contributed by atoms with Crippen LogP contribution in [0, 0.1) is 16.4 Å². The minimum atomic E-state index is -0.799. The fourth-order valence-electron chi connectivity index (χ4n) is 5.43. The van der Waals surface area contributed by atoms with E-state index in [1.54, 1.807) is 16.2 Å². The van der Waals surface area contributed by atoms with Gasteiger partial charge in [0.05, 0.1) is 22.2 Å². The van der Waals surface area contributed by atoms with Crippen LogP contribution in [0.1, 0.15) is 47.4 Å². The number of likely N-dealkylation sites (tertiary alicyclic amines) is 1. The van der Waals surface area contributed by atoms with Crippen molar-refractivity contribution in [3.8, 4) is 10.4 Å². The van der Waals surface area contributed by atoms with Gasteiger partial charge in [0.2, 0.25) is 11.8 Å². The van der Waals surface area contributed by atoms with Crippen LogP contribution in [0.4, 0.5) is 0 Å². The van der Waals surface area contributed by atoms with Gasteiger partial charge < -0.3 is 20.2 Å². The maximum Gasteiger partial charge on any atom is 0.255 e. The SMILES string of the molecule is Cc1ncsc1-c1ccc(CNC(=O)[C@@H]2C[C@@H](O)CN2C(=O)[C@H](C(C)C)N2Cc3ccc(I)cc3C2=O)cc1. The monoisotopic (exact) mass is 658 g/mol. The summed E-state index contributed by atoms with van der Waals surface area (Å²) in [4.78, 5) is 48.9. The van der Waals surface area contributed by atoms with Crippen LogP contribution in [0.5, 0.6) is 0 Å².